The Balaban J connectivity index is 1.72. The second kappa shape index (κ2) is 5.25. The van der Waals surface area contributed by atoms with Gasteiger partial charge in [0.15, 0.2) is 5.78 Å². The predicted octanol–water partition coefficient (Wildman–Crippen LogP) is 3.04. The summed E-state index contributed by atoms with van der Waals surface area (Å²) in [4.78, 5) is 23.4. The van der Waals surface area contributed by atoms with Crippen LogP contribution in [0.25, 0.3) is 0 Å². The van der Waals surface area contributed by atoms with Crippen LogP contribution in [0, 0.1) is 11.3 Å². The molecule has 3 nitrogen and oxygen atoms in total. The van der Waals surface area contributed by atoms with E-state index in [-0.39, 0.29) is 23.8 Å². The number of carbonyl (C=O) groups is 2. The van der Waals surface area contributed by atoms with Gasteiger partial charge in [0.05, 0.1) is 0 Å². The Labute approximate surface area is 109 Å². The first-order valence-corrected chi connectivity index (χ1v) is 6.87. The Kier molecular flexibility index (Phi) is 3.88. The fourth-order valence-corrected chi connectivity index (χ4v) is 2.66. The van der Waals surface area contributed by atoms with Crippen molar-refractivity contribution in [1.29, 1.82) is 0 Å². The predicted molar refractivity (Wildman–Crippen MR) is 69.0 cm³/mol. The van der Waals surface area contributed by atoms with Crippen molar-refractivity contribution in [3.8, 4) is 0 Å². The minimum Gasteiger partial charge on any atom is -0.454 e. The van der Waals surface area contributed by atoms with Crippen LogP contribution in [-0.4, -0.2) is 18.4 Å². The number of Topliss-reactive ketones (excluding diaryl/α,β-unsaturated/α-hetero) is 1. The lowest BCUT2D eigenvalue weighted by atomic mass is 9.82. The lowest BCUT2D eigenvalue weighted by Gasteiger charge is -2.23. The van der Waals surface area contributed by atoms with Crippen LogP contribution in [0.3, 0.4) is 0 Å². The molecule has 0 saturated heterocycles. The average molecular weight is 250 g/mol. The summed E-state index contributed by atoms with van der Waals surface area (Å²) in [5, 5.41) is 0. The monoisotopic (exact) mass is 250 g/mol. The third-order valence-corrected chi connectivity index (χ3v) is 4.00. The zero-order valence-corrected chi connectivity index (χ0v) is 11.3. The van der Waals surface area contributed by atoms with Crippen LogP contribution >= 0.6 is 0 Å². The number of hydrogen-bond donors (Lipinski definition) is 0. The molecule has 0 spiro atoms. The zero-order valence-electron chi connectivity index (χ0n) is 11.3. The van der Waals surface area contributed by atoms with Crippen LogP contribution in [0.1, 0.15) is 52.4 Å². The molecule has 2 aliphatic carbocycles. The van der Waals surface area contributed by atoms with E-state index in [9.17, 15) is 9.59 Å². The first kappa shape index (κ1) is 13.3. The number of carbonyl (C=O) groups excluding carboxylic acids is 2. The maximum Gasteiger partial charge on any atom is 0.334 e. The van der Waals surface area contributed by atoms with Gasteiger partial charge in [-0.3, -0.25) is 4.79 Å². The van der Waals surface area contributed by atoms with Crippen LogP contribution < -0.4 is 0 Å². The molecule has 0 aliphatic heterocycles. The summed E-state index contributed by atoms with van der Waals surface area (Å²) >= 11 is 0. The van der Waals surface area contributed by atoms with E-state index in [2.05, 4.69) is 13.8 Å². The van der Waals surface area contributed by atoms with Gasteiger partial charge >= 0.3 is 5.97 Å². The minimum atomic E-state index is -0.301. The van der Waals surface area contributed by atoms with E-state index in [0.29, 0.717) is 12.3 Å². The standard InChI is InChI=1S/C15H22O3/c1-15(2,12-7-8-12)9-13(16)10-18-14(17)11-5-3-4-6-11/h5,12H,3-4,6-10H2,1-2H3. The fraction of sp³-hybridized carbons (Fsp3) is 0.733. The summed E-state index contributed by atoms with van der Waals surface area (Å²) in [7, 11) is 0. The second-order valence-electron chi connectivity index (χ2n) is 6.18. The molecule has 1 fully saturated rings. The van der Waals surface area contributed by atoms with E-state index in [1.165, 1.54) is 12.8 Å². The van der Waals surface area contributed by atoms with Gasteiger partial charge in [0.1, 0.15) is 6.61 Å². The van der Waals surface area contributed by atoms with E-state index in [1.54, 1.807) is 0 Å². The highest BCUT2D eigenvalue weighted by atomic mass is 16.5. The van der Waals surface area contributed by atoms with Crippen molar-refractivity contribution < 1.29 is 14.3 Å². The Bertz CT molecular complexity index is 375. The van der Waals surface area contributed by atoms with Crippen molar-refractivity contribution in [1.82, 2.24) is 0 Å². The van der Waals surface area contributed by atoms with Gasteiger partial charge in [-0.1, -0.05) is 19.9 Å². The van der Waals surface area contributed by atoms with E-state index in [0.717, 1.165) is 24.8 Å². The molecule has 0 radical (unpaired) electrons. The summed E-state index contributed by atoms with van der Waals surface area (Å²) in [5.74, 6) is 0.415. The number of allylic oxidation sites excluding steroid dienone is 1. The Morgan fingerprint density at radius 2 is 2.11 bits per heavy atom. The molecule has 18 heavy (non-hydrogen) atoms. The Morgan fingerprint density at radius 3 is 2.67 bits per heavy atom. The molecule has 0 atom stereocenters. The maximum atomic E-state index is 11.8. The van der Waals surface area contributed by atoms with Crippen molar-refractivity contribution in [3.05, 3.63) is 11.6 Å². The van der Waals surface area contributed by atoms with Crippen LogP contribution in [-0.2, 0) is 14.3 Å². The molecule has 0 bridgehead atoms. The highest BCUT2D eigenvalue weighted by Crippen LogP contribution is 2.47. The lowest BCUT2D eigenvalue weighted by Crippen LogP contribution is -2.23. The highest BCUT2D eigenvalue weighted by Gasteiger charge is 2.38. The second-order valence-corrected chi connectivity index (χ2v) is 6.18. The molecule has 0 heterocycles. The first-order valence-electron chi connectivity index (χ1n) is 6.87. The third-order valence-electron chi connectivity index (χ3n) is 4.00. The normalized spacial score (nSPS) is 19.6. The summed E-state index contributed by atoms with van der Waals surface area (Å²) < 4.78 is 5.08. The summed E-state index contributed by atoms with van der Waals surface area (Å²) in [5.41, 5.74) is 0.806. The van der Waals surface area contributed by atoms with E-state index >= 15 is 0 Å². The van der Waals surface area contributed by atoms with Crippen LogP contribution in [0.15, 0.2) is 11.6 Å². The van der Waals surface area contributed by atoms with Crippen LogP contribution in [0.4, 0.5) is 0 Å². The lowest BCUT2D eigenvalue weighted by molar-refractivity contribution is -0.144. The largest absolute Gasteiger partial charge is 0.454 e. The first-order chi connectivity index (χ1) is 8.49. The van der Waals surface area contributed by atoms with Crippen molar-refractivity contribution in [3.63, 3.8) is 0 Å². The molecule has 2 aliphatic rings. The third kappa shape index (κ3) is 3.44. The SMILES string of the molecule is CC(C)(CC(=O)COC(=O)C1=CCCC1)C1CC1. The smallest absolute Gasteiger partial charge is 0.334 e. The van der Waals surface area contributed by atoms with E-state index in [1.807, 2.05) is 6.08 Å². The average Bonchev–Trinajstić information content (AvgIpc) is 3.03. The number of esters is 1. The molecular formula is C15H22O3. The fourth-order valence-electron chi connectivity index (χ4n) is 2.66. The van der Waals surface area contributed by atoms with Gasteiger partial charge in [0, 0.05) is 12.0 Å². The molecule has 0 unspecified atom stereocenters. The van der Waals surface area contributed by atoms with E-state index < -0.39 is 0 Å². The van der Waals surface area contributed by atoms with Crippen molar-refractivity contribution in [2.45, 2.75) is 52.4 Å². The molecule has 1 saturated carbocycles. The number of ether oxygens (including phenoxy) is 1. The number of rotatable bonds is 6. The van der Waals surface area contributed by atoms with Gasteiger partial charge in [-0.25, -0.2) is 4.79 Å². The number of ketones is 1. The highest BCUT2D eigenvalue weighted by molar-refractivity contribution is 5.91. The molecule has 0 aromatic rings. The van der Waals surface area contributed by atoms with Gasteiger partial charge in [0.25, 0.3) is 0 Å². The Hall–Kier alpha value is -1.12. The van der Waals surface area contributed by atoms with Gasteiger partial charge in [-0.2, -0.15) is 0 Å². The quantitative estimate of drug-likeness (QED) is 0.680. The molecular weight excluding hydrogens is 228 g/mol. The van der Waals surface area contributed by atoms with Crippen LogP contribution in [0.2, 0.25) is 0 Å². The molecule has 3 heteroatoms. The molecule has 0 aromatic carbocycles. The summed E-state index contributed by atoms with van der Waals surface area (Å²) in [6.07, 6.45) is 7.66. The zero-order chi connectivity index (χ0) is 13.2. The van der Waals surface area contributed by atoms with Crippen molar-refractivity contribution in [2.75, 3.05) is 6.61 Å². The van der Waals surface area contributed by atoms with Crippen molar-refractivity contribution >= 4 is 11.8 Å². The van der Waals surface area contributed by atoms with Crippen molar-refractivity contribution in [2.24, 2.45) is 11.3 Å². The van der Waals surface area contributed by atoms with Gasteiger partial charge < -0.3 is 4.74 Å². The Morgan fingerprint density at radius 1 is 1.39 bits per heavy atom. The summed E-state index contributed by atoms with van der Waals surface area (Å²) in [6.45, 7) is 4.19. The molecule has 0 aromatic heterocycles. The number of hydrogen-bond acceptors (Lipinski definition) is 3. The topological polar surface area (TPSA) is 43.4 Å². The van der Waals surface area contributed by atoms with Gasteiger partial charge in [-0.05, 0) is 43.4 Å². The molecule has 2 rings (SSSR count). The van der Waals surface area contributed by atoms with E-state index in [4.69, 9.17) is 4.74 Å². The van der Waals surface area contributed by atoms with Crippen LogP contribution in [0.5, 0.6) is 0 Å². The molecule has 0 N–H and O–H groups in total. The minimum absolute atomic E-state index is 0.0406. The maximum absolute atomic E-state index is 11.8. The molecule has 0 amide bonds. The van der Waals surface area contributed by atoms with Gasteiger partial charge in [-0.15, -0.1) is 0 Å². The molecule has 100 valence electrons. The van der Waals surface area contributed by atoms with Gasteiger partial charge in [0.2, 0.25) is 0 Å². The summed E-state index contributed by atoms with van der Waals surface area (Å²) in [6, 6.07) is 0.